The molecular formula is C20H16Cl2N2O4S. The minimum Gasteiger partial charge on any atom is -0.495 e. The molecule has 0 fully saturated rings. The second-order valence-electron chi connectivity index (χ2n) is 5.94. The summed E-state index contributed by atoms with van der Waals surface area (Å²) in [7, 11) is -2.48. The largest absolute Gasteiger partial charge is 0.495 e. The highest BCUT2D eigenvalue weighted by atomic mass is 35.5. The van der Waals surface area contributed by atoms with Gasteiger partial charge in [-0.15, -0.1) is 0 Å². The molecule has 29 heavy (non-hydrogen) atoms. The first-order valence-electron chi connectivity index (χ1n) is 8.32. The Balaban J connectivity index is 1.89. The number of amides is 1. The number of hydrogen-bond acceptors (Lipinski definition) is 4. The number of ether oxygens (including phenoxy) is 1. The van der Waals surface area contributed by atoms with Crippen molar-refractivity contribution in [1.82, 2.24) is 0 Å². The topological polar surface area (TPSA) is 84.5 Å². The van der Waals surface area contributed by atoms with Gasteiger partial charge in [-0.05, 0) is 60.7 Å². The van der Waals surface area contributed by atoms with Crippen molar-refractivity contribution < 1.29 is 17.9 Å². The molecule has 9 heteroatoms. The van der Waals surface area contributed by atoms with Gasteiger partial charge in [0.15, 0.2) is 0 Å². The summed E-state index contributed by atoms with van der Waals surface area (Å²) in [5.74, 6) is -0.142. The van der Waals surface area contributed by atoms with E-state index < -0.39 is 15.9 Å². The highest BCUT2D eigenvalue weighted by molar-refractivity contribution is 7.92. The van der Waals surface area contributed by atoms with E-state index in [1.165, 1.54) is 31.4 Å². The molecule has 6 nitrogen and oxygen atoms in total. The molecule has 0 saturated carbocycles. The van der Waals surface area contributed by atoms with E-state index in [0.29, 0.717) is 27.0 Å². The average molecular weight is 451 g/mol. The molecule has 0 spiro atoms. The molecule has 1 amide bonds. The van der Waals surface area contributed by atoms with Crippen LogP contribution in [0.25, 0.3) is 0 Å². The predicted octanol–water partition coefficient (Wildman–Crippen LogP) is 5.06. The van der Waals surface area contributed by atoms with Crippen molar-refractivity contribution >= 4 is 50.5 Å². The summed E-state index contributed by atoms with van der Waals surface area (Å²) in [6.45, 7) is 0. The van der Waals surface area contributed by atoms with Crippen molar-refractivity contribution in [3.05, 3.63) is 82.3 Å². The number of methoxy groups -OCH3 is 1. The lowest BCUT2D eigenvalue weighted by Crippen LogP contribution is -2.15. The molecule has 3 aromatic carbocycles. The second-order valence-corrected chi connectivity index (χ2v) is 8.49. The Morgan fingerprint density at radius 3 is 2.31 bits per heavy atom. The molecule has 0 bridgehead atoms. The third kappa shape index (κ3) is 5.20. The van der Waals surface area contributed by atoms with Crippen LogP contribution in [-0.2, 0) is 10.0 Å². The van der Waals surface area contributed by atoms with E-state index in [9.17, 15) is 13.2 Å². The van der Waals surface area contributed by atoms with Crippen LogP contribution >= 0.6 is 23.2 Å². The van der Waals surface area contributed by atoms with E-state index in [0.717, 1.165) is 0 Å². The first-order chi connectivity index (χ1) is 13.8. The zero-order chi connectivity index (χ0) is 21.0. The quantitative estimate of drug-likeness (QED) is 0.549. The van der Waals surface area contributed by atoms with Gasteiger partial charge in [-0.25, -0.2) is 8.42 Å². The molecule has 2 N–H and O–H groups in total. The maximum Gasteiger partial charge on any atom is 0.261 e. The molecular weight excluding hydrogens is 435 g/mol. The Labute approximate surface area is 178 Å². The van der Waals surface area contributed by atoms with Gasteiger partial charge in [0.05, 0.1) is 17.7 Å². The molecule has 0 aliphatic heterocycles. The maximum absolute atomic E-state index is 12.7. The van der Waals surface area contributed by atoms with Crippen LogP contribution in [0.4, 0.5) is 11.4 Å². The van der Waals surface area contributed by atoms with Gasteiger partial charge in [0.25, 0.3) is 15.9 Å². The van der Waals surface area contributed by atoms with Gasteiger partial charge in [0.2, 0.25) is 0 Å². The smallest absolute Gasteiger partial charge is 0.261 e. The number of halogens is 2. The molecule has 0 heterocycles. The lowest BCUT2D eigenvalue weighted by atomic mass is 10.2. The summed E-state index contributed by atoms with van der Waals surface area (Å²) >= 11 is 11.7. The number of benzene rings is 3. The van der Waals surface area contributed by atoms with Crippen LogP contribution in [0.1, 0.15) is 10.4 Å². The van der Waals surface area contributed by atoms with Crippen molar-refractivity contribution in [1.29, 1.82) is 0 Å². The van der Waals surface area contributed by atoms with Crippen molar-refractivity contribution in [2.24, 2.45) is 0 Å². The van der Waals surface area contributed by atoms with Crippen LogP contribution in [0.5, 0.6) is 5.75 Å². The normalized spacial score (nSPS) is 11.0. The van der Waals surface area contributed by atoms with E-state index >= 15 is 0 Å². The Kier molecular flexibility index (Phi) is 6.32. The molecule has 0 atom stereocenters. The number of hydrogen-bond donors (Lipinski definition) is 2. The monoisotopic (exact) mass is 450 g/mol. The number of carbonyl (C=O) groups is 1. The number of carbonyl (C=O) groups excluding carboxylic acids is 1. The molecule has 150 valence electrons. The average Bonchev–Trinajstić information content (AvgIpc) is 2.69. The van der Waals surface area contributed by atoms with Gasteiger partial charge in [-0.1, -0.05) is 29.3 Å². The van der Waals surface area contributed by atoms with Crippen molar-refractivity contribution in [2.45, 2.75) is 4.90 Å². The summed E-state index contributed by atoms with van der Waals surface area (Å²) in [6, 6.07) is 16.8. The molecule has 0 aliphatic carbocycles. The zero-order valence-corrected chi connectivity index (χ0v) is 17.5. The number of sulfonamides is 1. The Hall–Kier alpha value is -2.74. The fourth-order valence-corrected chi connectivity index (χ4v) is 3.91. The second kappa shape index (κ2) is 8.73. The third-order valence-corrected chi connectivity index (χ3v) is 5.78. The lowest BCUT2D eigenvalue weighted by Gasteiger charge is -2.13. The van der Waals surface area contributed by atoms with Gasteiger partial charge in [-0.2, -0.15) is 0 Å². The molecule has 3 rings (SSSR count). The van der Waals surface area contributed by atoms with Crippen molar-refractivity contribution in [2.75, 3.05) is 17.1 Å². The first kappa shape index (κ1) is 21.0. The van der Waals surface area contributed by atoms with E-state index in [1.807, 2.05) is 0 Å². The number of rotatable bonds is 6. The van der Waals surface area contributed by atoms with Crippen LogP contribution in [0, 0.1) is 0 Å². The Morgan fingerprint density at radius 2 is 1.66 bits per heavy atom. The Morgan fingerprint density at radius 1 is 0.931 bits per heavy atom. The summed E-state index contributed by atoms with van der Waals surface area (Å²) < 4.78 is 33.1. The fraction of sp³-hybridized carbons (Fsp3) is 0.0500. The van der Waals surface area contributed by atoms with Gasteiger partial charge in [0.1, 0.15) is 5.75 Å². The van der Waals surface area contributed by atoms with Gasteiger partial charge < -0.3 is 10.1 Å². The zero-order valence-electron chi connectivity index (χ0n) is 15.1. The first-order valence-corrected chi connectivity index (χ1v) is 10.6. The number of nitrogens with one attached hydrogen (secondary N) is 2. The number of anilines is 2. The Bertz CT molecular complexity index is 1150. The minimum atomic E-state index is -3.90. The summed E-state index contributed by atoms with van der Waals surface area (Å²) in [5, 5.41) is 3.56. The molecule has 0 saturated heterocycles. The van der Waals surface area contributed by atoms with E-state index in [-0.39, 0.29) is 10.6 Å². The van der Waals surface area contributed by atoms with Crippen LogP contribution in [-0.4, -0.2) is 21.4 Å². The van der Waals surface area contributed by atoms with Crippen LogP contribution in [0.3, 0.4) is 0 Å². The highest BCUT2D eigenvalue weighted by Crippen LogP contribution is 2.29. The van der Waals surface area contributed by atoms with Crippen molar-refractivity contribution in [3.8, 4) is 5.75 Å². The SMILES string of the molecule is COc1ccc(S(=O)(=O)Nc2ccc(Cl)cc2)cc1NC(=O)c1cccc(Cl)c1. The van der Waals surface area contributed by atoms with Crippen LogP contribution < -0.4 is 14.8 Å². The maximum atomic E-state index is 12.7. The van der Waals surface area contributed by atoms with E-state index in [2.05, 4.69) is 10.0 Å². The van der Waals surface area contributed by atoms with Gasteiger partial charge in [-0.3, -0.25) is 9.52 Å². The highest BCUT2D eigenvalue weighted by Gasteiger charge is 2.18. The van der Waals surface area contributed by atoms with E-state index in [4.69, 9.17) is 27.9 Å². The van der Waals surface area contributed by atoms with E-state index in [1.54, 1.807) is 42.5 Å². The summed E-state index contributed by atoms with van der Waals surface area (Å²) in [4.78, 5) is 12.5. The standard InChI is InChI=1S/C20H16Cl2N2O4S/c1-28-19-10-9-17(29(26,27)24-16-7-5-14(21)6-8-16)12-18(19)23-20(25)13-3-2-4-15(22)11-13/h2-12,24H,1H3,(H,23,25). The predicted molar refractivity (Wildman–Crippen MR) is 115 cm³/mol. The third-order valence-electron chi connectivity index (χ3n) is 3.91. The summed E-state index contributed by atoms with van der Waals surface area (Å²) in [6.07, 6.45) is 0. The fourth-order valence-electron chi connectivity index (χ4n) is 2.51. The van der Waals surface area contributed by atoms with Crippen molar-refractivity contribution in [3.63, 3.8) is 0 Å². The van der Waals surface area contributed by atoms with Gasteiger partial charge in [0, 0.05) is 21.3 Å². The molecule has 0 radical (unpaired) electrons. The molecule has 0 aliphatic rings. The van der Waals surface area contributed by atoms with Crippen LogP contribution in [0.15, 0.2) is 71.6 Å². The lowest BCUT2D eigenvalue weighted by molar-refractivity contribution is 0.102. The molecule has 0 unspecified atom stereocenters. The summed E-state index contributed by atoms with van der Waals surface area (Å²) in [5.41, 5.74) is 0.887. The van der Waals surface area contributed by atoms with Gasteiger partial charge >= 0.3 is 0 Å². The molecule has 3 aromatic rings. The minimum absolute atomic E-state index is 0.0466. The molecule has 0 aromatic heterocycles. The van der Waals surface area contributed by atoms with Crippen LogP contribution in [0.2, 0.25) is 10.0 Å².